The molecule has 1 saturated carbocycles. The molecular formula is C31H33N3O5. The van der Waals surface area contributed by atoms with Crippen molar-refractivity contribution in [1.82, 2.24) is 5.32 Å². The van der Waals surface area contributed by atoms with E-state index in [0.29, 0.717) is 16.9 Å². The Morgan fingerprint density at radius 2 is 1.69 bits per heavy atom. The fraction of sp³-hybridized carbons (Fsp3) is 0.419. The molecule has 8 heteroatoms. The molecule has 202 valence electrons. The maximum absolute atomic E-state index is 14.3. The van der Waals surface area contributed by atoms with Crippen molar-refractivity contribution in [1.29, 1.82) is 0 Å². The number of hydrogen-bond donors (Lipinski definition) is 2. The van der Waals surface area contributed by atoms with E-state index in [1.165, 1.54) is 11.8 Å². The summed E-state index contributed by atoms with van der Waals surface area (Å²) in [5.74, 6) is -2.89. The molecule has 6 rings (SSSR count). The highest BCUT2D eigenvalue weighted by Gasteiger charge is 2.76. The number of Topliss-reactive ketones (excluding diaryl/α,β-unsaturated/α-hetero) is 1. The number of carbonyl (C=O) groups excluding carboxylic acids is 4. The minimum absolute atomic E-state index is 0.0255. The van der Waals surface area contributed by atoms with Crippen molar-refractivity contribution in [3.05, 3.63) is 72.3 Å². The average molecular weight is 528 g/mol. The first kappa shape index (κ1) is 25.5. The Bertz CT molecular complexity index is 1370. The van der Waals surface area contributed by atoms with Gasteiger partial charge in [0.15, 0.2) is 5.78 Å². The van der Waals surface area contributed by atoms with Crippen molar-refractivity contribution in [3.63, 3.8) is 0 Å². The molecule has 5 atom stereocenters. The summed E-state index contributed by atoms with van der Waals surface area (Å²) in [6, 6.07) is 14.8. The summed E-state index contributed by atoms with van der Waals surface area (Å²) in [5, 5.41) is 6.13. The summed E-state index contributed by atoms with van der Waals surface area (Å²) in [5.41, 5.74) is -0.860. The number of ketones is 1. The molecule has 3 aliphatic heterocycles. The van der Waals surface area contributed by atoms with Gasteiger partial charge in [-0.1, -0.05) is 61.7 Å². The largest absolute Gasteiger partial charge is 0.356 e. The molecule has 2 aromatic rings. The number of hydrogen-bond acceptors (Lipinski definition) is 5. The quantitative estimate of drug-likeness (QED) is 0.436. The van der Waals surface area contributed by atoms with Crippen LogP contribution in [-0.2, 0) is 19.1 Å². The lowest BCUT2D eigenvalue weighted by atomic mass is 9.70. The number of anilines is 2. The Labute approximate surface area is 227 Å². The van der Waals surface area contributed by atoms with Crippen molar-refractivity contribution in [3.8, 4) is 0 Å². The summed E-state index contributed by atoms with van der Waals surface area (Å²) in [6.45, 7) is 3.26. The summed E-state index contributed by atoms with van der Waals surface area (Å²) in [4.78, 5) is 55.8. The summed E-state index contributed by atoms with van der Waals surface area (Å²) in [6.07, 6.45) is 8.64. The maximum Gasteiger partial charge on any atom is 0.246 e. The van der Waals surface area contributed by atoms with Crippen molar-refractivity contribution in [2.24, 2.45) is 11.8 Å². The monoisotopic (exact) mass is 527 g/mol. The predicted molar refractivity (Wildman–Crippen MR) is 146 cm³/mol. The fourth-order valence-electron chi connectivity index (χ4n) is 6.96. The zero-order valence-electron chi connectivity index (χ0n) is 22.2. The second-order valence-electron chi connectivity index (χ2n) is 11.3. The van der Waals surface area contributed by atoms with Crippen molar-refractivity contribution >= 4 is 34.9 Å². The highest BCUT2D eigenvalue weighted by atomic mass is 16.5. The molecule has 0 unspecified atom stereocenters. The molecule has 3 heterocycles. The van der Waals surface area contributed by atoms with Gasteiger partial charge in [0, 0.05) is 23.0 Å². The van der Waals surface area contributed by atoms with E-state index >= 15 is 0 Å². The molecule has 2 aromatic carbocycles. The number of nitrogens with one attached hydrogen (secondary N) is 2. The number of nitrogens with zero attached hydrogens (tertiary/aromatic N) is 1. The summed E-state index contributed by atoms with van der Waals surface area (Å²) >= 11 is 0. The molecule has 8 nitrogen and oxygen atoms in total. The Morgan fingerprint density at radius 3 is 2.41 bits per heavy atom. The van der Waals surface area contributed by atoms with Gasteiger partial charge in [-0.2, -0.15) is 0 Å². The Morgan fingerprint density at radius 1 is 0.949 bits per heavy atom. The lowest BCUT2D eigenvalue weighted by molar-refractivity contribution is -0.131. The van der Waals surface area contributed by atoms with E-state index in [4.69, 9.17) is 4.74 Å². The molecule has 1 spiro atoms. The molecule has 1 aliphatic carbocycles. The maximum atomic E-state index is 14.3. The van der Waals surface area contributed by atoms with E-state index in [-0.39, 0.29) is 29.5 Å². The summed E-state index contributed by atoms with van der Waals surface area (Å²) < 4.78 is 6.60. The fourth-order valence-corrected chi connectivity index (χ4v) is 6.96. The number of ether oxygens (including phenoxy) is 1. The first-order chi connectivity index (χ1) is 18.7. The molecule has 2 bridgehead atoms. The van der Waals surface area contributed by atoms with Crippen LogP contribution in [0.15, 0.2) is 66.7 Å². The third-order valence-corrected chi connectivity index (χ3v) is 8.75. The van der Waals surface area contributed by atoms with Crippen LogP contribution in [0.3, 0.4) is 0 Å². The second kappa shape index (κ2) is 9.45. The third-order valence-electron chi connectivity index (χ3n) is 8.75. The molecule has 3 fully saturated rings. The number of fused-ring (bicyclic) bond motifs is 1. The van der Waals surface area contributed by atoms with Crippen LogP contribution in [0.25, 0.3) is 0 Å². The van der Waals surface area contributed by atoms with Crippen LogP contribution in [0.1, 0.15) is 56.3 Å². The average Bonchev–Trinajstić information content (AvgIpc) is 3.50. The van der Waals surface area contributed by atoms with Gasteiger partial charge in [0.05, 0.1) is 17.4 Å². The Kier molecular flexibility index (Phi) is 6.18. The van der Waals surface area contributed by atoms with Gasteiger partial charge in [0.2, 0.25) is 17.7 Å². The summed E-state index contributed by atoms with van der Waals surface area (Å²) in [7, 11) is 0. The molecule has 4 aliphatic rings. The molecular weight excluding hydrogens is 494 g/mol. The van der Waals surface area contributed by atoms with Gasteiger partial charge in [-0.25, -0.2) is 0 Å². The van der Waals surface area contributed by atoms with Crippen LogP contribution in [-0.4, -0.2) is 46.8 Å². The van der Waals surface area contributed by atoms with Crippen molar-refractivity contribution in [2.75, 3.05) is 10.2 Å². The first-order valence-corrected chi connectivity index (χ1v) is 13.7. The van der Waals surface area contributed by atoms with E-state index < -0.39 is 29.1 Å². The van der Waals surface area contributed by atoms with Gasteiger partial charge in [-0.3, -0.25) is 24.1 Å². The SMILES string of the molecule is CC(=O)c1cccc(N2C(=O)[C@@H]3[C@@H](C(=O)Nc4ccccc4)[C@@]4(C)C=C[C@@]3(O4)[C@@H]2C(=O)NC2CCCCC2)c1. The molecule has 2 saturated heterocycles. The van der Waals surface area contributed by atoms with Crippen molar-refractivity contribution < 1.29 is 23.9 Å². The third kappa shape index (κ3) is 4.09. The smallest absolute Gasteiger partial charge is 0.246 e. The van der Waals surface area contributed by atoms with Crippen LogP contribution in [0.4, 0.5) is 11.4 Å². The van der Waals surface area contributed by atoms with E-state index in [1.54, 1.807) is 43.3 Å². The highest BCUT2D eigenvalue weighted by molar-refractivity contribution is 6.12. The molecule has 3 amide bonds. The zero-order valence-corrected chi connectivity index (χ0v) is 22.2. The first-order valence-electron chi connectivity index (χ1n) is 13.7. The Hall–Kier alpha value is -3.78. The molecule has 2 N–H and O–H groups in total. The highest BCUT2D eigenvalue weighted by Crippen LogP contribution is 2.60. The van der Waals surface area contributed by atoms with Gasteiger partial charge in [0.25, 0.3) is 0 Å². The molecule has 0 aromatic heterocycles. The minimum Gasteiger partial charge on any atom is -0.356 e. The number of carbonyl (C=O) groups is 4. The lowest BCUT2D eigenvalue weighted by Crippen LogP contribution is -2.56. The van der Waals surface area contributed by atoms with Crippen LogP contribution < -0.4 is 15.5 Å². The lowest BCUT2D eigenvalue weighted by Gasteiger charge is -2.34. The van der Waals surface area contributed by atoms with Crippen LogP contribution in [0.2, 0.25) is 0 Å². The second-order valence-corrected chi connectivity index (χ2v) is 11.3. The number of para-hydroxylation sites is 1. The normalized spacial score (nSPS) is 31.3. The van der Waals surface area contributed by atoms with E-state index in [0.717, 1.165) is 32.1 Å². The van der Waals surface area contributed by atoms with Crippen LogP contribution in [0.5, 0.6) is 0 Å². The van der Waals surface area contributed by atoms with Gasteiger partial charge in [0.1, 0.15) is 11.6 Å². The zero-order chi connectivity index (χ0) is 27.4. The minimum atomic E-state index is -1.31. The Balaban J connectivity index is 1.41. The number of rotatable bonds is 6. The number of benzene rings is 2. The van der Waals surface area contributed by atoms with Gasteiger partial charge in [-0.15, -0.1) is 0 Å². The van der Waals surface area contributed by atoms with E-state index in [9.17, 15) is 19.2 Å². The van der Waals surface area contributed by atoms with Crippen molar-refractivity contribution in [2.45, 2.75) is 69.2 Å². The number of amides is 3. The molecule has 39 heavy (non-hydrogen) atoms. The van der Waals surface area contributed by atoms with Gasteiger partial charge >= 0.3 is 0 Å². The molecule has 0 radical (unpaired) electrons. The van der Waals surface area contributed by atoms with E-state index in [2.05, 4.69) is 10.6 Å². The topological polar surface area (TPSA) is 105 Å². The predicted octanol–water partition coefficient (Wildman–Crippen LogP) is 4.02. The van der Waals surface area contributed by atoms with Crippen LogP contribution in [0, 0.1) is 11.8 Å². The standard InChI is InChI=1S/C31H33N3O5/c1-19(35)20-10-9-15-23(18-20)34-26(28(37)33-22-13-7-4-8-14-22)31-17-16-30(2,39-31)24(25(31)29(34)38)27(36)32-21-11-5-3-6-12-21/h3,5-6,9-12,15-18,22,24-26H,4,7-8,13-14H2,1-2H3,(H,32,36)(H,33,37)/t24-,25-,26-,30+,31-/m0/s1. The van der Waals surface area contributed by atoms with Gasteiger partial charge < -0.3 is 15.4 Å². The van der Waals surface area contributed by atoms with Gasteiger partial charge in [-0.05, 0) is 51.0 Å². The van der Waals surface area contributed by atoms with Crippen LogP contribution >= 0.6 is 0 Å². The van der Waals surface area contributed by atoms with E-state index in [1.807, 2.05) is 30.4 Å².